The first-order chi connectivity index (χ1) is 13.4. The molecule has 0 atom stereocenters. The van der Waals surface area contributed by atoms with Crippen LogP contribution in [-0.4, -0.2) is 27.6 Å². The van der Waals surface area contributed by atoms with Gasteiger partial charge in [-0.3, -0.25) is 0 Å². The number of rotatable bonds is 6. The fourth-order valence-corrected chi connectivity index (χ4v) is 3.13. The highest BCUT2D eigenvalue weighted by molar-refractivity contribution is 5.87. The van der Waals surface area contributed by atoms with Crippen LogP contribution < -0.4 is 4.74 Å². The molecule has 6 nitrogen and oxygen atoms in total. The fourth-order valence-electron chi connectivity index (χ4n) is 3.13. The predicted octanol–water partition coefficient (Wildman–Crippen LogP) is 4.65. The lowest BCUT2D eigenvalue weighted by Crippen LogP contribution is -2.17. The van der Waals surface area contributed by atoms with E-state index >= 15 is 0 Å². The molecule has 1 saturated carbocycles. The molecule has 1 aliphatic rings. The van der Waals surface area contributed by atoms with Crippen molar-refractivity contribution < 1.29 is 32.3 Å². The number of hydrogen-bond acceptors (Lipinski definition) is 5. The van der Waals surface area contributed by atoms with E-state index < -0.39 is 17.7 Å². The van der Waals surface area contributed by atoms with Gasteiger partial charge in [-0.1, -0.05) is 44.1 Å². The van der Waals surface area contributed by atoms with E-state index in [-0.39, 0.29) is 29.0 Å². The van der Waals surface area contributed by atoms with Crippen LogP contribution >= 0.6 is 0 Å². The molecule has 156 valence electrons. The van der Waals surface area contributed by atoms with Gasteiger partial charge in [0.05, 0.1) is 5.41 Å². The van der Waals surface area contributed by atoms with Crippen molar-refractivity contribution >= 4 is 5.97 Å². The molecule has 2 aromatic rings. The molecule has 0 unspecified atom stereocenters. The lowest BCUT2D eigenvalue weighted by molar-refractivity contribution is -0.274. The number of carboxylic acid groups (broad SMARTS) is 1. The second kappa shape index (κ2) is 7.20. The molecular formula is C20H21F3N2O4. The highest BCUT2D eigenvalue weighted by atomic mass is 19.4. The Morgan fingerprint density at radius 3 is 2.34 bits per heavy atom. The van der Waals surface area contributed by atoms with Gasteiger partial charge in [-0.2, -0.15) is 4.98 Å². The summed E-state index contributed by atoms with van der Waals surface area (Å²) < 4.78 is 46.2. The number of aromatic nitrogens is 2. The van der Waals surface area contributed by atoms with Gasteiger partial charge >= 0.3 is 12.3 Å². The van der Waals surface area contributed by atoms with Crippen molar-refractivity contribution in [2.75, 3.05) is 0 Å². The van der Waals surface area contributed by atoms with Crippen LogP contribution in [0.15, 0.2) is 40.4 Å². The number of carboxylic acids is 1. The van der Waals surface area contributed by atoms with E-state index in [4.69, 9.17) is 4.52 Å². The quantitative estimate of drug-likeness (QED) is 0.698. The molecule has 1 aromatic heterocycles. The van der Waals surface area contributed by atoms with Gasteiger partial charge < -0.3 is 14.4 Å². The molecule has 0 radical (unpaired) electrons. The van der Waals surface area contributed by atoms with Crippen LogP contribution in [0.4, 0.5) is 13.2 Å². The third-order valence-corrected chi connectivity index (χ3v) is 4.50. The van der Waals surface area contributed by atoms with E-state index in [2.05, 4.69) is 14.9 Å². The third kappa shape index (κ3) is 5.16. The van der Waals surface area contributed by atoms with Crippen LogP contribution in [-0.2, 0) is 16.6 Å². The molecule has 9 heteroatoms. The Morgan fingerprint density at radius 1 is 1.24 bits per heavy atom. The molecule has 1 fully saturated rings. The maximum Gasteiger partial charge on any atom is 0.573 e. The van der Waals surface area contributed by atoms with Crippen molar-refractivity contribution in [1.29, 1.82) is 0 Å². The Balaban J connectivity index is 1.79. The lowest BCUT2D eigenvalue weighted by atomic mass is 9.92. The molecular weight excluding hydrogens is 389 g/mol. The van der Waals surface area contributed by atoms with Gasteiger partial charge in [0.1, 0.15) is 5.75 Å². The zero-order valence-electron chi connectivity index (χ0n) is 16.2. The molecule has 0 aliphatic heterocycles. The second-order valence-corrected chi connectivity index (χ2v) is 8.19. The number of allylic oxidation sites excluding steroid dienone is 1. The van der Waals surface area contributed by atoms with E-state index in [1.807, 2.05) is 20.8 Å². The summed E-state index contributed by atoms with van der Waals surface area (Å²) in [6, 6.07) is 5.57. The van der Waals surface area contributed by atoms with E-state index in [9.17, 15) is 23.1 Å². The summed E-state index contributed by atoms with van der Waals surface area (Å²) in [7, 11) is 0. The van der Waals surface area contributed by atoms with Crippen molar-refractivity contribution in [3.05, 3.63) is 53.2 Å². The zero-order chi connectivity index (χ0) is 21.4. The SMILES string of the molecule is CC(C)(C)C=C(Cc1noc(C2(c3ccc(OC(F)(F)F)cc3)CC2)n1)C(=O)O. The van der Waals surface area contributed by atoms with Gasteiger partial charge in [0.2, 0.25) is 5.89 Å². The van der Waals surface area contributed by atoms with Crippen LogP contribution in [0.25, 0.3) is 0 Å². The van der Waals surface area contributed by atoms with Crippen LogP contribution in [0.1, 0.15) is 50.9 Å². The number of nitrogens with zero attached hydrogens (tertiary/aromatic N) is 2. The van der Waals surface area contributed by atoms with Gasteiger partial charge in [-0.25, -0.2) is 4.79 Å². The fraction of sp³-hybridized carbons (Fsp3) is 0.450. The Bertz CT molecular complexity index is 920. The Labute approximate surface area is 165 Å². The molecule has 0 amide bonds. The highest BCUT2D eigenvalue weighted by Crippen LogP contribution is 2.53. The average Bonchev–Trinajstić information content (AvgIpc) is 3.25. The molecule has 1 heterocycles. The zero-order valence-corrected chi connectivity index (χ0v) is 16.2. The maximum atomic E-state index is 12.3. The normalized spacial score (nSPS) is 16.6. The first kappa shape index (κ1) is 20.9. The number of benzene rings is 1. The highest BCUT2D eigenvalue weighted by Gasteiger charge is 2.51. The van der Waals surface area contributed by atoms with Crippen LogP contribution in [0.2, 0.25) is 0 Å². The van der Waals surface area contributed by atoms with E-state index in [0.717, 1.165) is 5.56 Å². The molecule has 1 aliphatic carbocycles. The summed E-state index contributed by atoms with van der Waals surface area (Å²) in [6.45, 7) is 5.68. The van der Waals surface area contributed by atoms with Crippen molar-refractivity contribution in [2.45, 2.75) is 51.8 Å². The Morgan fingerprint density at radius 2 is 1.86 bits per heavy atom. The molecule has 0 bridgehead atoms. The topological polar surface area (TPSA) is 85.5 Å². The average molecular weight is 410 g/mol. The molecule has 0 saturated heterocycles. The van der Waals surface area contributed by atoms with Crippen LogP contribution in [0.3, 0.4) is 0 Å². The second-order valence-electron chi connectivity index (χ2n) is 8.19. The molecule has 1 aromatic carbocycles. The van der Waals surface area contributed by atoms with Gasteiger partial charge in [-0.05, 0) is 36.0 Å². The van der Waals surface area contributed by atoms with Gasteiger partial charge in [0.25, 0.3) is 0 Å². The van der Waals surface area contributed by atoms with Crippen LogP contribution in [0, 0.1) is 5.41 Å². The maximum absolute atomic E-state index is 12.3. The monoisotopic (exact) mass is 410 g/mol. The summed E-state index contributed by atoms with van der Waals surface area (Å²) in [5, 5.41) is 13.3. The van der Waals surface area contributed by atoms with E-state index in [0.29, 0.717) is 18.7 Å². The summed E-state index contributed by atoms with van der Waals surface area (Å²) in [6.07, 6.45) is -1.67. The smallest absolute Gasteiger partial charge is 0.478 e. The number of hydrogen-bond donors (Lipinski definition) is 1. The summed E-state index contributed by atoms with van der Waals surface area (Å²) in [4.78, 5) is 15.9. The van der Waals surface area contributed by atoms with Crippen molar-refractivity contribution in [1.82, 2.24) is 10.1 Å². The number of ether oxygens (including phenoxy) is 1. The first-order valence-electron chi connectivity index (χ1n) is 9.02. The third-order valence-electron chi connectivity index (χ3n) is 4.50. The number of halogens is 3. The van der Waals surface area contributed by atoms with Gasteiger partial charge in [-0.15, -0.1) is 13.2 Å². The first-order valence-corrected chi connectivity index (χ1v) is 9.02. The number of alkyl halides is 3. The molecule has 29 heavy (non-hydrogen) atoms. The predicted molar refractivity (Wildman–Crippen MR) is 96.3 cm³/mol. The van der Waals surface area contributed by atoms with Crippen molar-refractivity contribution in [3.63, 3.8) is 0 Å². The van der Waals surface area contributed by atoms with Crippen LogP contribution in [0.5, 0.6) is 5.75 Å². The Kier molecular flexibility index (Phi) is 5.19. The van der Waals surface area contributed by atoms with Gasteiger partial charge in [0, 0.05) is 12.0 Å². The number of carbonyl (C=O) groups is 1. The summed E-state index contributed by atoms with van der Waals surface area (Å²) in [5.74, 6) is -0.770. The largest absolute Gasteiger partial charge is 0.573 e. The van der Waals surface area contributed by atoms with E-state index in [1.54, 1.807) is 18.2 Å². The molecule has 3 rings (SSSR count). The minimum absolute atomic E-state index is 0.0184. The minimum atomic E-state index is -4.75. The summed E-state index contributed by atoms with van der Waals surface area (Å²) in [5.41, 5.74) is 0.0338. The Hall–Kier alpha value is -2.84. The number of aliphatic carboxylic acids is 1. The standard InChI is InChI=1S/C20H21F3N2O4/c1-18(2,3)11-12(16(26)27)10-15-24-17(29-25-15)19(8-9-19)13-4-6-14(7-5-13)28-20(21,22)23/h4-7,11H,8-10H2,1-3H3,(H,26,27). The minimum Gasteiger partial charge on any atom is -0.478 e. The lowest BCUT2D eigenvalue weighted by Gasteiger charge is -2.13. The van der Waals surface area contributed by atoms with Crippen molar-refractivity contribution in [2.24, 2.45) is 5.41 Å². The molecule has 1 N–H and O–H groups in total. The summed E-state index contributed by atoms with van der Waals surface area (Å²) >= 11 is 0. The molecule has 0 spiro atoms. The van der Waals surface area contributed by atoms with Gasteiger partial charge in [0.15, 0.2) is 5.82 Å². The van der Waals surface area contributed by atoms with Crippen molar-refractivity contribution in [3.8, 4) is 5.75 Å². The van der Waals surface area contributed by atoms with E-state index in [1.165, 1.54) is 12.1 Å².